The molecule has 0 bridgehead atoms. The zero-order chi connectivity index (χ0) is 12.2. The van der Waals surface area contributed by atoms with Crippen LogP contribution in [0.4, 0.5) is 0 Å². The van der Waals surface area contributed by atoms with Crippen LogP contribution >= 0.6 is 0 Å². The fraction of sp³-hybridized carbons (Fsp3) is 1.00. The maximum Gasteiger partial charge on any atom is 0.394 e. The minimum absolute atomic E-state index is 0.869. The quantitative estimate of drug-likeness (QED) is 0.468. The van der Waals surface area contributed by atoms with Gasteiger partial charge in [-0.05, 0) is 13.0 Å². The van der Waals surface area contributed by atoms with E-state index in [1.165, 1.54) is 44.9 Å². The van der Waals surface area contributed by atoms with Gasteiger partial charge in [0.15, 0.2) is 0 Å². The first-order valence-electron chi connectivity index (χ1n) is 5.31. The summed E-state index contributed by atoms with van der Waals surface area (Å²) in [5.74, 6) is 0. The highest BCUT2D eigenvalue weighted by atomic mass is 32.3. The van der Waals surface area contributed by atoms with Crippen LogP contribution in [-0.4, -0.2) is 24.1 Å². The topological polar surface area (TPSA) is 101 Å². The van der Waals surface area contributed by atoms with Crippen LogP contribution in [0.2, 0.25) is 0 Å². The monoisotopic (exact) mass is 241 g/mol. The van der Waals surface area contributed by atoms with Gasteiger partial charge in [-0.1, -0.05) is 45.4 Å². The summed E-state index contributed by atoms with van der Waals surface area (Å²) in [4.78, 5) is 0. The van der Waals surface area contributed by atoms with Crippen molar-refractivity contribution < 1.29 is 17.5 Å². The molecular formula is C9H23NO4S. The molecule has 0 unspecified atom stereocenters. The summed E-state index contributed by atoms with van der Waals surface area (Å²) < 4.78 is 31.6. The van der Waals surface area contributed by atoms with Crippen molar-refractivity contribution in [3.8, 4) is 0 Å². The maximum atomic E-state index is 8.74. The van der Waals surface area contributed by atoms with Gasteiger partial charge < -0.3 is 5.73 Å². The molecule has 4 N–H and O–H groups in total. The summed E-state index contributed by atoms with van der Waals surface area (Å²) in [5, 5.41) is 0. The molecule has 0 aliphatic carbocycles. The van der Waals surface area contributed by atoms with E-state index in [2.05, 4.69) is 6.92 Å². The number of nitrogens with two attached hydrogens (primary N) is 1. The standard InChI is InChI=1S/C9H21N.H2O4S/c1-2-3-4-5-6-7-8-9-10;1-5(2,3)4/h2-10H2,1H3;(H2,1,2,3,4). The smallest absolute Gasteiger partial charge is 0.330 e. The maximum absolute atomic E-state index is 8.74. The van der Waals surface area contributed by atoms with Gasteiger partial charge in [-0.15, -0.1) is 0 Å². The van der Waals surface area contributed by atoms with Gasteiger partial charge in [0, 0.05) is 0 Å². The molecule has 15 heavy (non-hydrogen) atoms. The summed E-state index contributed by atoms with van der Waals surface area (Å²) in [6.45, 7) is 3.12. The summed E-state index contributed by atoms with van der Waals surface area (Å²) in [5.41, 5.74) is 5.37. The van der Waals surface area contributed by atoms with Crippen LogP contribution in [0, 0.1) is 0 Å². The summed E-state index contributed by atoms with van der Waals surface area (Å²) >= 11 is 0. The molecule has 0 spiro atoms. The van der Waals surface area contributed by atoms with Crippen LogP contribution in [0.1, 0.15) is 51.9 Å². The normalized spacial score (nSPS) is 10.7. The molecule has 0 atom stereocenters. The largest absolute Gasteiger partial charge is 0.394 e. The Kier molecular flexibility index (Phi) is 13.7. The van der Waals surface area contributed by atoms with E-state index in [1.54, 1.807) is 0 Å². The molecule has 6 heteroatoms. The second kappa shape index (κ2) is 11.9. The molecular weight excluding hydrogens is 218 g/mol. The Bertz CT molecular complexity index is 188. The summed E-state index contributed by atoms with van der Waals surface area (Å²) in [6, 6.07) is 0. The minimum Gasteiger partial charge on any atom is -0.330 e. The van der Waals surface area contributed by atoms with Crippen molar-refractivity contribution >= 4 is 10.4 Å². The molecule has 0 aromatic rings. The molecule has 0 radical (unpaired) electrons. The Hall–Kier alpha value is -0.170. The van der Waals surface area contributed by atoms with Gasteiger partial charge in [-0.3, -0.25) is 9.11 Å². The van der Waals surface area contributed by atoms with Crippen molar-refractivity contribution in [1.82, 2.24) is 0 Å². The number of hydrogen-bond donors (Lipinski definition) is 3. The summed E-state index contributed by atoms with van der Waals surface area (Å²) in [7, 11) is -4.67. The Morgan fingerprint density at radius 2 is 1.27 bits per heavy atom. The number of hydrogen-bond acceptors (Lipinski definition) is 3. The molecule has 0 saturated carbocycles. The van der Waals surface area contributed by atoms with Crippen LogP contribution in [0.3, 0.4) is 0 Å². The lowest BCUT2D eigenvalue weighted by Gasteiger charge is -1.97. The number of unbranched alkanes of at least 4 members (excludes halogenated alkanes) is 6. The van der Waals surface area contributed by atoms with Gasteiger partial charge >= 0.3 is 10.4 Å². The fourth-order valence-corrected chi connectivity index (χ4v) is 1.10. The third kappa shape index (κ3) is 41.5. The first kappa shape index (κ1) is 17.2. The van der Waals surface area contributed by atoms with Crippen molar-refractivity contribution in [2.45, 2.75) is 51.9 Å². The predicted octanol–water partition coefficient (Wildman–Crippen LogP) is 2.04. The highest BCUT2D eigenvalue weighted by Crippen LogP contribution is 2.05. The molecule has 0 amide bonds. The minimum atomic E-state index is -4.67. The summed E-state index contributed by atoms with van der Waals surface area (Å²) in [6.07, 6.45) is 9.51. The molecule has 0 rings (SSSR count). The van der Waals surface area contributed by atoms with Gasteiger partial charge in [-0.2, -0.15) is 8.42 Å². The van der Waals surface area contributed by atoms with E-state index in [4.69, 9.17) is 23.3 Å². The molecule has 0 heterocycles. The zero-order valence-corrected chi connectivity index (χ0v) is 10.2. The number of rotatable bonds is 7. The van der Waals surface area contributed by atoms with E-state index in [9.17, 15) is 0 Å². The van der Waals surface area contributed by atoms with Crippen LogP contribution in [0.25, 0.3) is 0 Å². The van der Waals surface area contributed by atoms with E-state index < -0.39 is 10.4 Å². The Morgan fingerprint density at radius 3 is 1.60 bits per heavy atom. The Labute approximate surface area is 92.6 Å². The molecule has 0 aliphatic heterocycles. The molecule has 0 aromatic carbocycles. The van der Waals surface area contributed by atoms with Crippen molar-refractivity contribution in [2.24, 2.45) is 5.73 Å². The van der Waals surface area contributed by atoms with E-state index in [1.807, 2.05) is 0 Å². The van der Waals surface area contributed by atoms with Crippen molar-refractivity contribution in [1.29, 1.82) is 0 Å². The second-order valence-corrected chi connectivity index (χ2v) is 4.25. The fourth-order valence-electron chi connectivity index (χ4n) is 1.10. The first-order valence-corrected chi connectivity index (χ1v) is 6.71. The average molecular weight is 241 g/mol. The molecule has 0 aromatic heterocycles. The van der Waals surface area contributed by atoms with Gasteiger partial charge in [0.05, 0.1) is 0 Å². The highest BCUT2D eigenvalue weighted by Gasteiger charge is 1.87. The SMILES string of the molecule is CCCCCCCCCN.O=S(=O)(O)O. The third-order valence-corrected chi connectivity index (χ3v) is 1.81. The molecule has 0 saturated heterocycles. The lowest BCUT2D eigenvalue weighted by atomic mass is 10.1. The van der Waals surface area contributed by atoms with Crippen LogP contribution < -0.4 is 5.73 Å². The molecule has 0 fully saturated rings. The molecule has 5 nitrogen and oxygen atoms in total. The van der Waals surface area contributed by atoms with E-state index in [-0.39, 0.29) is 0 Å². The Balaban J connectivity index is 0. The van der Waals surface area contributed by atoms with Gasteiger partial charge in [0.25, 0.3) is 0 Å². The van der Waals surface area contributed by atoms with Crippen LogP contribution in [0.15, 0.2) is 0 Å². The van der Waals surface area contributed by atoms with Crippen molar-refractivity contribution in [3.05, 3.63) is 0 Å². The predicted molar refractivity (Wildman–Crippen MR) is 61.2 cm³/mol. The van der Waals surface area contributed by atoms with Gasteiger partial charge in [0.2, 0.25) is 0 Å². The highest BCUT2D eigenvalue weighted by molar-refractivity contribution is 7.79. The van der Waals surface area contributed by atoms with Crippen molar-refractivity contribution in [3.63, 3.8) is 0 Å². The Morgan fingerprint density at radius 1 is 0.933 bits per heavy atom. The van der Waals surface area contributed by atoms with Crippen molar-refractivity contribution in [2.75, 3.05) is 6.54 Å². The van der Waals surface area contributed by atoms with Gasteiger partial charge in [0.1, 0.15) is 0 Å². The average Bonchev–Trinajstić information content (AvgIpc) is 2.08. The van der Waals surface area contributed by atoms with Crippen LogP contribution in [-0.2, 0) is 10.4 Å². The van der Waals surface area contributed by atoms with E-state index in [0.717, 1.165) is 6.54 Å². The van der Waals surface area contributed by atoms with Crippen LogP contribution in [0.5, 0.6) is 0 Å². The lowest BCUT2D eigenvalue weighted by molar-refractivity contribution is 0.381. The third-order valence-electron chi connectivity index (χ3n) is 1.81. The zero-order valence-electron chi connectivity index (χ0n) is 9.35. The van der Waals surface area contributed by atoms with E-state index in [0.29, 0.717) is 0 Å². The molecule has 0 aliphatic rings. The van der Waals surface area contributed by atoms with Gasteiger partial charge in [-0.25, -0.2) is 0 Å². The second-order valence-electron chi connectivity index (χ2n) is 3.36. The van der Waals surface area contributed by atoms with E-state index >= 15 is 0 Å². The molecule has 94 valence electrons. The first-order chi connectivity index (χ1) is 6.91. The lowest BCUT2D eigenvalue weighted by Crippen LogP contribution is -1.97.